The Morgan fingerprint density at radius 1 is 1.00 bits per heavy atom. The summed E-state index contributed by atoms with van der Waals surface area (Å²) in [5.74, 6) is 0. The number of hydrogen-bond donors (Lipinski definition) is 1. The summed E-state index contributed by atoms with van der Waals surface area (Å²) in [6.07, 6.45) is 0.965. The van der Waals surface area contributed by atoms with Gasteiger partial charge in [-0.2, -0.15) is 0 Å². The Morgan fingerprint density at radius 2 is 1.62 bits per heavy atom. The highest BCUT2D eigenvalue weighted by Gasteiger charge is 2.01. The van der Waals surface area contributed by atoms with Crippen molar-refractivity contribution >= 4 is 17.3 Å². The van der Waals surface area contributed by atoms with E-state index in [1.807, 2.05) is 30.3 Å². The largest absolute Gasteiger partial charge is 0.398 e. The average molecular weight is 232 g/mol. The molecule has 0 amide bonds. The maximum Gasteiger partial charge on any atom is 0.0406 e. The van der Waals surface area contributed by atoms with E-state index < -0.39 is 0 Å². The van der Waals surface area contributed by atoms with E-state index in [2.05, 4.69) is 19.1 Å². The summed E-state index contributed by atoms with van der Waals surface area (Å²) in [6.45, 7) is 2.10. The molecule has 16 heavy (non-hydrogen) atoms. The van der Waals surface area contributed by atoms with E-state index in [0.717, 1.165) is 28.3 Å². The fourth-order valence-electron chi connectivity index (χ4n) is 1.74. The Labute approximate surface area is 101 Å². The Morgan fingerprint density at radius 3 is 2.19 bits per heavy atom. The van der Waals surface area contributed by atoms with Crippen molar-refractivity contribution in [2.24, 2.45) is 0 Å². The standard InChI is InChI=1S/C14H14ClN/c1-2-10-3-4-12(9-14(10)16)11-5-7-13(15)8-6-11/h3-9H,2,16H2,1H3. The Kier molecular flexibility index (Phi) is 3.16. The third-order valence-corrected chi connectivity index (χ3v) is 2.96. The van der Waals surface area contributed by atoms with Gasteiger partial charge in [-0.1, -0.05) is 42.8 Å². The van der Waals surface area contributed by atoms with Crippen molar-refractivity contribution in [3.8, 4) is 11.1 Å². The molecule has 0 radical (unpaired) electrons. The topological polar surface area (TPSA) is 26.0 Å². The SMILES string of the molecule is CCc1ccc(-c2ccc(Cl)cc2)cc1N. The molecule has 0 aliphatic heterocycles. The summed E-state index contributed by atoms with van der Waals surface area (Å²) in [5.41, 5.74) is 10.3. The Hall–Kier alpha value is -1.47. The van der Waals surface area contributed by atoms with Crippen molar-refractivity contribution in [2.75, 3.05) is 5.73 Å². The molecule has 0 spiro atoms. The lowest BCUT2D eigenvalue weighted by molar-refractivity contribution is 1.14. The van der Waals surface area contributed by atoms with Gasteiger partial charge in [-0.25, -0.2) is 0 Å². The number of nitrogen functional groups attached to an aromatic ring is 1. The minimum atomic E-state index is 0.752. The quantitative estimate of drug-likeness (QED) is 0.772. The molecule has 1 nitrogen and oxygen atoms in total. The molecule has 0 saturated heterocycles. The van der Waals surface area contributed by atoms with Gasteiger partial charge in [-0.3, -0.25) is 0 Å². The van der Waals surface area contributed by atoms with Gasteiger partial charge in [0.15, 0.2) is 0 Å². The fraction of sp³-hybridized carbons (Fsp3) is 0.143. The summed E-state index contributed by atoms with van der Waals surface area (Å²) in [5, 5.41) is 0.752. The van der Waals surface area contributed by atoms with Crippen LogP contribution in [0.2, 0.25) is 5.02 Å². The molecule has 0 atom stereocenters. The Balaban J connectivity index is 2.41. The molecule has 0 fully saturated rings. The molecule has 82 valence electrons. The van der Waals surface area contributed by atoms with Crippen LogP contribution >= 0.6 is 11.6 Å². The lowest BCUT2D eigenvalue weighted by atomic mass is 10.0. The molecule has 0 aromatic heterocycles. The van der Waals surface area contributed by atoms with Gasteiger partial charge in [0.1, 0.15) is 0 Å². The number of nitrogens with two attached hydrogens (primary N) is 1. The molecular formula is C14H14ClN. The summed E-state index contributed by atoms with van der Waals surface area (Å²) in [6, 6.07) is 14.0. The normalized spacial score (nSPS) is 10.4. The van der Waals surface area contributed by atoms with Crippen LogP contribution in [0, 0.1) is 0 Å². The zero-order valence-electron chi connectivity index (χ0n) is 9.20. The second kappa shape index (κ2) is 4.58. The van der Waals surface area contributed by atoms with Crippen LogP contribution in [0.1, 0.15) is 12.5 Å². The number of rotatable bonds is 2. The van der Waals surface area contributed by atoms with Gasteiger partial charge in [0, 0.05) is 10.7 Å². The van der Waals surface area contributed by atoms with E-state index in [1.54, 1.807) is 0 Å². The first-order valence-corrected chi connectivity index (χ1v) is 5.73. The van der Waals surface area contributed by atoms with Crippen LogP contribution < -0.4 is 5.73 Å². The lowest BCUT2D eigenvalue weighted by Gasteiger charge is -2.07. The first kappa shape index (κ1) is 11.0. The molecule has 0 heterocycles. The maximum absolute atomic E-state index is 5.97. The third kappa shape index (κ3) is 2.20. The van der Waals surface area contributed by atoms with Crippen molar-refractivity contribution in [3.05, 3.63) is 53.1 Å². The zero-order valence-corrected chi connectivity index (χ0v) is 9.96. The van der Waals surface area contributed by atoms with Crippen molar-refractivity contribution in [3.63, 3.8) is 0 Å². The molecule has 2 N–H and O–H groups in total. The number of aryl methyl sites for hydroxylation is 1. The third-order valence-electron chi connectivity index (χ3n) is 2.70. The highest BCUT2D eigenvalue weighted by molar-refractivity contribution is 6.30. The summed E-state index contributed by atoms with van der Waals surface area (Å²) in [7, 11) is 0. The van der Waals surface area contributed by atoms with E-state index in [-0.39, 0.29) is 0 Å². The summed E-state index contributed by atoms with van der Waals surface area (Å²) in [4.78, 5) is 0. The van der Waals surface area contributed by atoms with Gasteiger partial charge < -0.3 is 5.73 Å². The molecule has 2 heteroatoms. The Bertz CT molecular complexity index is 489. The van der Waals surface area contributed by atoms with Crippen LogP contribution in [0.25, 0.3) is 11.1 Å². The van der Waals surface area contributed by atoms with Crippen LogP contribution in [-0.4, -0.2) is 0 Å². The molecule has 0 aliphatic carbocycles. The van der Waals surface area contributed by atoms with E-state index in [4.69, 9.17) is 17.3 Å². The van der Waals surface area contributed by atoms with Gasteiger partial charge in [-0.05, 0) is 41.3 Å². The number of halogens is 1. The first-order chi connectivity index (χ1) is 7.70. The number of benzene rings is 2. The van der Waals surface area contributed by atoms with Crippen molar-refractivity contribution in [1.82, 2.24) is 0 Å². The predicted octanol–water partition coefficient (Wildman–Crippen LogP) is 4.15. The van der Waals surface area contributed by atoms with E-state index in [1.165, 1.54) is 5.56 Å². The molecule has 0 saturated carbocycles. The van der Waals surface area contributed by atoms with E-state index >= 15 is 0 Å². The number of anilines is 1. The van der Waals surface area contributed by atoms with E-state index in [0.29, 0.717) is 0 Å². The van der Waals surface area contributed by atoms with Crippen molar-refractivity contribution in [1.29, 1.82) is 0 Å². The minimum absolute atomic E-state index is 0.752. The zero-order chi connectivity index (χ0) is 11.5. The molecule has 2 aromatic rings. The minimum Gasteiger partial charge on any atom is -0.398 e. The van der Waals surface area contributed by atoms with Crippen molar-refractivity contribution in [2.45, 2.75) is 13.3 Å². The first-order valence-electron chi connectivity index (χ1n) is 5.35. The molecule has 0 unspecified atom stereocenters. The number of hydrogen-bond acceptors (Lipinski definition) is 1. The predicted molar refractivity (Wildman–Crippen MR) is 70.7 cm³/mol. The summed E-state index contributed by atoms with van der Waals surface area (Å²) >= 11 is 5.85. The second-order valence-corrected chi connectivity index (χ2v) is 4.21. The maximum atomic E-state index is 5.97. The van der Waals surface area contributed by atoms with Crippen LogP contribution in [0.5, 0.6) is 0 Å². The highest BCUT2D eigenvalue weighted by Crippen LogP contribution is 2.25. The second-order valence-electron chi connectivity index (χ2n) is 3.77. The highest BCUT2D eigenvalue weighted by atomic mass is 35.5. The van der Waals surface area contributed by atoms with Crippen LogP contribution in [0.3, 0.4) is 0 Å². The van der Waals surface area contributed by atoms with Crippen LogP contribution in [0.15, 0.2) is 42.5 Å². The molecular weight excluding hydrogens is 218 g/mol. The fourth-order valence-corrected chi connectivity index (χ4v) is 1.86. The van der Waals surface area contributed by atoms with Crippen molar-refractivity contribution < 1.29 is 0 Å². The van der Waals surface area contributed by atoms with E-state index in [9.17, 15) is 0 Å². The molecule has 2 rings (SSSR count). The summed E-state index contributed by atoms with van der Waals surface area (Å²) < 4.78 is 0. The van der Waals surface area contributed by atoms with Crippen LogP contribution in [0.4, 0.5) is 5.69 Å². The van der Waals surface area contributed by atoms with Gasteiger partial charge in [-0.15, -0.1) is 0 Å². The monoisotopic (exact) mass is 231 g/mol. The average Bonchev–Trinajstić information content (AvgIpc) is 2.30. The molecule has 0 bridgehead atoms. The van der Waals surface area contributed by atoms with Gasteiger partial charge >= 0.3 is 0 Å². The lowest BCUT2D eigenvalue weighted by Crippen LogP contribution is -1.93. The smallest absolute Gasteiger partial charge is 0.0406 e. The molecule has 0 aliphatic rings. The van der Waals surface area contributed by atoms with Gasteiger partial charge in [0.2, 0.25) is 0 Å². The van der Waals surface area contributed by atoms with Crippen LogP contribution in [-0.2, 0) is 6.42 Å². The van der Waals surface area contributed by atoms with Gasteiger partial charge in [0.25, 0.3) is 0 Å². The molecule has 2 aromatic carbocycles. The van der Waals surface area contributed by atoms with Gasteiger partial charge in [0.05, 0.1) is 0 Å².